The fourth-order valence-corrected chi connectivity index (χ4v) is 4.63. The number of fused-ring (bicyclic) bond motifs is 1. The molecule has 8 heteroatoms. The second kappa shape index (κ2) is 9.05. The van der Waals surface area contributed by atoms with Crippen LogP contribution in [0.4, 0.5) is 0 Å². The van der Waals surface area contributed by atoms with Crippen LogP contribution in [-0.4, -0.2) is 39.1 Å². The number of carbonyl (C=O) groups is 1. The van der Waals surface area contributed by atoms with Gasteiger partial charge in [-0.3, -0.25) is 9.78 Å². The Kier molecular flexibility index (Phi) is 6.51. The lowest BCUT2D eigenvalue weighted by Crippen LogP contribution is -2.32. The van der Waals surface area contributed by atoms with Gasteiger partial charge in [0.1, 0.15) is 18.5 Å². The van der Waals surface area contributed by atoms with Crippen molar-refractivity contribution in [1.82, 2.24) is 10.3 Å². The van der Waals surface area contributed by atoms with Crippen molar-refractivity contribution >= 4 is 15.7 Å². The third-order valence-electron chi connectivity index (χ3n) is 4.51. The van der Waals surface area contributed by atoms with E-state index in [-0.39, 0.29) is 17.3 Å². The van der Waals surface area contributed by atoms with E-state index in [1.165, 1.54) is 18.3 Å². The Balaban J connectivity index is 1.89. The lowest BCUT2D eigenvalue weighted by Gasteiger charge is -2.21. The van der Waals surface area contributed by atoms with Gasteiger partial charge in [0.2, 0.25) is 5.91 Å². The quantitative estimate of drug-likeness (QED) is 0.727. The van der Waals surface area contributed by atoms with Gasteiger partial charge in [-0.1, -0.05) is 19.4 Å². The van der Waals surface area contributed by atoms with E-state index in [4.69, 9.17) is 9.47 Å². The molecule has 150 valence electrons. The molecule has 1 aromatic carbocycles. The molecule has 0 saturated carbocycles. The van der Waals surface area contributed by atoms with Gasteiger partial charge in [-0.15, -0.1) is 0 Å². The lowest BCUT2D eigenvalue weighted by atomic mass is 10.2. The Bertz CT molecular complexity index is 915. The number of hydrogen-bond acceptors (Lipinski definition) is 6. The Morgan fingerprint density at radius 1 is 1.21 bits per heavy atom. The number of ether oxygens (including phenoxy) is 2. The summed E-state index contributed by atoms with van der Waals surface area (Å²) < 4.78 is 37.7. The summed E-state index contributed by atoms with van der Waals surface area (Å²) in [6.45, 7) is 2.78. The van der Waals surface area contributed by atoms with Crippen molar-refractivity contribution in [2.75, 3.05) is 19.8 Å². The van der Waals surface area contributed by atoms with Gasteiger partial charge in [0, 0.05) is 31.4 Å². The van der Waals surface area contributed by atoms with Crippen LogP contribution in [0.2, 0.25) is 0 Å². The SMILES string of the molecule is CCCCC(=O)NC[C@@H](c1cccnc1)S(=O)(=O)c1ccc2c(c1)OCCO2. The highest BCUT2D eigenvalue weighted by molar-refractivity contribution is 7.91. The van der Waals surface area contributed by atoms with E-state index in [0.717, 1.165) is 12.8 Å². The minimum Gasteiger partial charge on any atom is -0.486 e. The zero-order valence-electron chi connectivity index (χ0n) is 15.8. The number of hydrogen-bond donors (Lipinski definition) is 1. The average molecular weight is 404 g/mol. The number of sulfone groups is 1. The van der Waals surface area contributed by atoms with Gasteiger partial charge in [0.25, 0.3) is 0 Å². The van der Waals surface area contributed by atoms with Crippen LogP contribution in [0.3, 0.4) is 0 Å². The summed E-state index contributed by atoms with van der Waals surface area (Å²) in [5, 5.41) is 1.80. The van der Waals surface area contributed by atoms with E-state index in [2.05, 4.69) is 10.3 Å². The van der Waals surface area contributed by atoms with Gasteiger partial charge in [-0.05, 0) is 30.2 Å². The third-order valence-corrected chi connectivity index (χ3v) is 6.61. The molecular formula is C20H24N2O5S. The number of aromatic nitrogens is 1. The van der Waals surface area contributed by atoms with Gasteiger partial charge in [0.05, 0.1) is 4.90 Å². The van der Waals surface area contributed by atoms with Crippen LogP contribution in [0.15, 0.2) is 47.6 Å². The van der Waals surface area contributed by atoms with Crippen molar-refractivity contribution in [3.05, 3.63) is 48.3 Å². The van der Waals surface area contributed by atoms with Gasteiger partial charge in [0.15, 0.2) is 21.3 Å². The molecule has 7 nitrogen and oxygen atoms in total. The first kappa shape index (κ1) is 20.1. The second-order valence-corrected chi connectivity index (χ2v) is 8.66. The number of pyridine rings is 1. The molecule has 0 bridgehead atoms. The molecule has 0 spiro atoms. The monoisotopic (exact) mass is 404 g/mol. The first-order valence-electron chi connectivity index (χ1n) is 9.32. The molecule has 1 aliphatic heterocycles. The molecule has 3 rings (SSSR count). The van der Waals surface area contributed by atoms with Crippen LogP contribution in [0, 0.1) is 0 Å². The van der Waals surface area contributed by atoms with Gasteiger partial charge < -0.3 is 14.8 Å². The molecule has 0 aliphatic carbocycles. The molecule has 2 aromatic rings. The van der Waals surface area contributed by atoms with E-state index in [9.17, 15) is 13.2 Å². The molecule has 1 atom stereocenters. The largest absolute Gasteiger partial charge is 0.486 e. The van der Waals surface area contributed by atoms with Crippen LogP contribution in [0.25, 0.3) is 0 Å². The predicted octanol–water partition coefficient (Wildman–Crippen LogP) is 2.67. The van der Waals surface area contributed by atoms with Crippen molar-refractivity contribution in [1.29, 1.82) is 0 Å². The zero-order valence-corrected chi connectivity index (χ0v) is 16.6. The highest BCUT2D eigenvalue weighted by Gasteiger charge is 2.31. The summed E-state index contributed by atoms with van der Waals surface area (Å²) in [6.07, 6.45) is 5.13. The normalized spacial score (nSPS) is 14.3. The molecule has 0 fully saturated rings. The summed E-state index contributed by atoms with van der Waals surface area (Å²) in [5.41, 5.74) is 0.521. The number of nitrogens with zero attached hydrogens (tertiary/aromatic N) is 1. The lowest BCUT2D eigenvalue weighted by molar-refractivity contribution is -0.121. The number of amides is 1. The zero-order chi connectivity index (χ0) is 20.0. The fourth-order valence-electron chi connectivity index (χ4n) is 2.97. The third kappa shape index (κ3) is 4.62. The Morgan fingerprint density at radius 3 is 2.71 bits per heavy atom. The van der Waals surface area contributed by atoms with Crippen molar-refractivity contribution < 1.29 is 22.7 Å². The van der Waals surface area contributed by atoms with Crippen molar-refractivity contribution in [2.24, 2.45) is 0 Å². The summed E-state index contributed by atoms with van der Waals surface area (Å²) in [7, 11) is -3.79. The standard InChI is InChI=1S/C20H24N2O5S/c1-2-3-6-20(23)22-14-19(15-5-4-9-21-13-15)28(24,25)16-7-8-17-18(12-16)27-11-10-26-17/h4-5,7-9,12-13,19H,2-3,6,10-11,14H2,1H3,(H,22,23)/t19-/m0/s1. The van der Waals surface area contributed by atoms with E-state index in [1.807, 2.05) is 6.92 Å². The van der Waals surface area contributed by atoms with Crippen LogP contribution in [0.5, 0.6) is 11.5 Å². The van der Waals surface area contributed by atoms with E-state index < -0.39 is 15.1 Å². The average Bonchev–Trinajstić information content (AvgIpc) is 2.72. The molecule has 1 aliphatic rings. The molecule has 0 radical (unpaired) electrons. The predicted molar refractivity (Wildman–Crippen MR) is 104 cm³/mol. The van der Waals surface area contributed by atoms with Crippen molar-refractivity contribution in [3.63, 3.8) is 0 Å². The molecule has 1 N–H and O–H groups in total. The molecular weight excluding hydrogens is 380 g/mol. The highest BCUT2D eigenvalue weighted by atomic mass is 32.2. The van der Waals surface area contributed by atoms with E-state index in [1.54, 1.807) is 24.4 Å². The first-order valence-corrected chi connectivity index (χ1v) is 10.9. The molecule has 0 saturated heterocycles. The molecule has 2 heterocycles. The summed E-state index contributed by atoms with van der Waals surface area (Å²) >= 11 is 0. The smallest absolute Gasteiger partial charge is 0.220 e. The van der Waals surface area contributed by atoms with Crippen LogP contribution >= 0.6 is 0 Å². The maximum Gasteiger partial charge on any atom is 0.220 e. The Labute approximate surface area is 165 Å². The second-order valence-electron chi connectivity index (χ2n) is 6.53. The number of nitrogens with one attached hydrogen (secondary N) is 1. The Hall–Kier alpha value is -2.61. The highest BCUT2D eigenvalue weighted by Crippen LogP contribution is 2.36. The minimum atomic E-state index is -3.79. The number of carbonyl (C=O) groups excluding carboxylic acids is 1. The number of unbranched alkanes of at least 4 members (excludes halogenated alkanes) is 1. The van der Waals surface area contributed by atoms with Crippen LogP contribution in [0.1, 0.15) is 37.0 Å². The fraction of sp³-hybridized carbons (Fsp3) is 0.400. The molecule has 1 aromatic heterocycles. The minimum absolute atomic E-state index is 0.0228. The molecule has 28 heavy (non-hydrogen) atoms. The summed E-state index contributed by atoms with van der Waals surface area (Å²) in [4.78, 5) is 16.2. The van der Waals surface area contributed by atoms with Crippen molar-refractivity contribution in [2.45, 2.75) is 36.3 Å². The molecule has 1 amide bonds. The summed E-state index contributed by atoms with van der Waals surface area (Å²) in [6, 6.07) is 7.96. The topological polar surface area (TPSA) is 94.6 Å². The Morgan fingerprint density at radius 2 is 2.00 bits per heavy atom. The molecule has 0 unspecified atom stereocenters. The maximum atomic E-state index is 13.4. The number of benzene rings is 1. The van der Waals surface area contributed by atoms with Gasteiger partial charge in [-0.2, -0.15) is 0 Å². The maximum absolute atomic E-state index is 13.4. The van der Waals surface area contributed by atoms with Crippen molar-refractivity contribution in [3.8, 4) is 11.5 Å². The van der Waals surface area contributed by atoms with Crippen LogP contribution < -0.4 is 14.8 Å². The van der Waals surface area contributed by atoms with Crippen LogP contribution in [-0.2, 0) is 14.6 Å². The van der Waals surface area contributed by atoms with E-state index >= 15 is 0 Å². The first-order chi connectivity index (χ1) is 13.5. The van der Waals surface area contributed by atoms with E-state index in [0.29, 0.717) is 36.7 Å². The van der Waals surface area contributed by atoms with Gasteiger partial charge >= 0.3 is 0 Å². The summed E-state index contributed by atoms with van der Waals surface area (Å²) in [5.74, 6) is 0.772. The van der Waals surface area contributed by atoms with Gasteiger partial charge in [-0.25, -0.2) is 8.42 Å². The number of rotatable bonds is 8.